The van der Waals surface area contributed by atoms with Crippen LogP contribution in [0.15, 0.2) is 55.8 Å². The lowest BCUT2D eigenvalue weighted by atomic mass is 9.82. The van der Waals surface area contributed by atoms with Gasteiger partial charge in [-0.1, -0.05) is 25.7 Å². The summed E-state index contributed by atoms with van der Waals surface area (Å²) in [4.78, 5) is 70.9. The van der Waals surface area contributed by atoms with Crippen molar-refractivity contribution < 1.29 is 14.3 Å². The predicted octanol–water partition coefficient (Wildman–Crippen LogP) is 9.26. The van der Waals surface area contributed by atoms with Crippen molar-refractivity contribution in [3.05, 3.63) is 55.8 Å². The van der Waals surface area contributed by atoms with E-state index >= 15 is 0 Å². The number of H-pyrrole nitrogens is 3. The Morgan fingerprint density at radius 3 is 1.28 bits per heavy atom. The minimum Gasteiger partial charge on any atom is -0.444 e. The number of rotatable bonds is 6. The summed E-state index contributed by atoms with van der Waals surface area (Å²) < 4.78 is 5.56. The highest BCUT2D eigenvalue weighted by Gasteiger charge is 2.43. The average molecular weight is 992 g/mol. The summed E-state index contributed by atoms with van der Waals surface area (Å²) in [6, 6.07) is 7.74. The van der Waals surface area contributed by atoms with Gasteiger partial charge in [0.05, 0.1) is 16.2 Å². The Hall–Kier alpha value is -5.71. The highest BCUT2D eigenvalue weighted by Crippen LogP contribution is 2.46. The minimum atomic E-state index is -0.443. The number of anilines is 3. The van der Waals surface area contributed by atoms with Gasteiger partial charge in [0.15, 0.2) is 0 Å². The van der Waals surface area contributed by atoms with Crippen molar-refractivity contribution in [3.8, 4) is 0 Å². The van der Waals surface area contributed by atoms with E-state index in [1.54, 1.807) is 25.9 Å². The number of nitrogens with zero attached hydrogens (tertiary/aromatic N) is 11. The number of aromatic amines is 3. The molecule has 0 aromatic carbocycles. The van der Waals surface area contributed by atoms with Crippen LogP contribution in [0.25, 0.3) is 33.1 Å². The number of amides is 2. The van der Waals surface area contributed by atoms with Gasteiger partial charge in [0.2, 0.25) is 5.91 Å². The number of aromatic nitrogens is 9. The molecule has 2 amide bonds. The molecule has 17 nitrogen and oxygen atoms in total. The first-order chi connectivity index (χ1) is 33.8. The Labute approximate surface area is 424 Å². The lowest BCUT2D eigenvalue weighted by Gasteiger charge is -2.35. The molecule has 0 bridgehead atoms. The second-order valence-corrected chi connectivity index (χ2v) is 22.3. The maximum Gasteiger partial charge on any atom is 0.410 e. The molecule has 4 saturated carbocycles. The monoisotopic (exact) mass is 991 g/mol. The normalized spacial score (nSPS) is 26.8. The van der Waals surface area contributed by atoms with E-state index in [4.69, 9.17) is 4.74 Å². The van der Waals surface area contributed by atoms with Crippen LogP contribution >= 0.6 is 12.4 Å². The number of fused-ring (bicyclic) bond motifs is 6. The highest BCUT2D eigenvalue weighted by molar-refractivity contribution is 5.89. The fourth-order valence-electron chi connectivity index (χ4n) is 13.3. The lowest BCUT2D eigenvalue weighted by molar-refractivity contribution is -0.131. The molecule has 9 atom stereocenters. The number of nitrogens with one attached hydrogen (secondary N) is 3. The Morgan fingerprint density at radius 1 is 0.549 bits per heavy atom. The molecule has 6 fully saturated rings. The molecular weight excluding hydrogens is 916 g/mol. The van der Waals surface area contributed by atoms with Crippen LogP contribution in [-0.4, -0.2) is 138 Å². The minimum absolute atomic E-state index is 0. The number of carbonyl (C=O) groups is 2. The summed E-state index contributed by atoms with van der Waals surface area (Å²) in [5, 5.41) is 3.28. The quantitative estimate of drug-likeness (QED) is 0.144. The van der Waals surface area contributed by atoms with Gasteiger partial charge in [-0.25, -0.2) is 34.7 Å². The van der Waals surface area contributed by atoms with Crippen molar-refractivity contribution in [2.75, 3.05) is 62.0 Å². The van der Waals surface area contributed by atoms with Crippen LogP contribution in [0.2, 0.25) is 0 Å². The van der Waals surface area contributed by atoms with Gasteiger partial charge < -0.3 is 44.2 Å². The zero-order valence-electron chi connectivity index (χ0n) is 42.8. The van der Waals surface area contributed by atoms with Crippen LogP contribution in [0.4, 0.5) is 22.2 Å². The van der Waals surface area contributed by atoms with E-state index in [2.05, 4.69) is 86.8 Å². The Morgan fingerprint density at radius 2 is 0.901 bits per heavy atom. The van der Waals surface area contributed by atoms with Gasteiger partial charge in [0, 0.05) is 91.0 Å². The molecule has 71 heavy (non-hydrogen) atoms. The summed E-state index contributed by atoms with van der Waals surface area (Å²) >= 11 is 0. The van der Waals surface area contributed by atoms with Gasteiger partial charge >= 0.3 is 6.09 Å². The summed E-state index contributed by atoms with van der Waals surface area (Å²) in [7, 11) is 6.47. The molecule has 2 saturated heterocycles. The maximum atomic E-state index is 12.4. The maximum absolute atomic E-state index is 12.4. The third-order valence-corrected chi connectivity index (χ3v) is 17.0. The second-order valence-electron chi connectivity index (χ2n) is 22.3. The number of hydrogen-bond acceptors (Lipinski definition) is 12. The van der Waals surface area contributed by atoms with Crippen molar-refractivity contribution >= 4 is 75.0 Å². The van der Waals surface area contributed by atoms with Crippen LogP contribution in [0, 0.1) is 35.5 Å². The van der Waals surface area contributed by atoms with E-state index in [1.807, 2.05) is 61.3 Å². The van der Waals surface area contributed by atoms with Gasteiger partial charge in [0.1, 0.15) is 59.0 Å². The molecule has 8 heterocycles. The molecule has 2 aliphatic heterocycles. The largest absolute Gasteiger partial charge is 0.444 e. The molecule has 6 aromatic rings. The fourth-order valence-corrected chi connectivity index (χ4v) is 13.3. The van der Waals surface area contributed by atoms with Gasteiger partial charge in [-0.15, -0.1) is 12.4 Å². The summed E-state index contributed by atoms with van der Waals surface area (Å²) in [6.07, 6.45) is 25.7. The zero-order valence-corrected chi connectivity index (χ0v) is 43.6. The van der Waals surface area contributed by atoms with E-state index in [0.717, 1.165) is 127 Å². The smallest absolute Gasteiger partial charge is 0.410 e. The molecule has 6 aliphatic rings. The summed E-state index contributed by atoms with van der Waals surface area (Å²) in [6.45, 7) is 10.9. The molecule has 0 spiro atoms. The zero-order chi connectivity index (χ0) is 48.7. The topological polar surface area (TPSA) is 184 Å². The number of ether oxygens (including phenoxy) is 1. The summed E-state index contributed by atoms with van der Waals surface area (Å²) in [5.74, 6) is 7.76. The number of piperidine rings is 2. The fraction of sp³-hybridized carbons (Fsp3) is 0.623. The van der Waals surface area contributed by atoms with Crippen molar-refractivity contribution in [3.63, 3.8) is 0 Å². The molecule has 6 aromatic heterocycles. The van der Waals surface area contributed by atoms with Crippen molar-refractivity contribution in [2.24, 2.45) is 35.5 Å². The Kier molecular flexibility index (Phi) is 15.0. The van der Waals surface area contributed by atoms with Crippen LogP contribution < -0.4 is 14.7 Å². The van der Waals surface area contributed by atoms with E-state index in [9.17, 15) is 9.59 Å². The number of carbonyl (C=O) groups excluding carboxylic acids is 2. The van der Waals surface area contributed by atoms with Crippen molar-refractivity contribution in [2.45, 2.75) is 128 Å². The van der Waals surface area contributed by atoms with Crippen LogP contribution in [-0.2, 0) is 9.53 Å². The first-order valence-electron chi connectivity index (χ1n) is 26.0. The van der Waals surface area contributed by atoms with Crippen molar-refractivity contribution in [1.29, 1.82) is 0 Å². The van der Waals surface area contributed by atoms with E-state index in [0.29, 0.717) is 35.9 Å². The Balaban J connectivity index is 0.000000132. The number of halogens is 1. The van der Waals surface area contributed by atoms with Gasteiger partial charge in [-0.2, -0.15) is 0 Å². The average Bonchev–Trinajstić information content (AvgIpc) is 4.23. The number of likely N-dealkylation sites (tertiary alicyclic amines) is 2. The number of hydrogen-bond donors (Lipinski definition) is 3. The third-order valence-electron chi connectivity index (χ3n) is 17.0. The SMILES string of the molecule is CC(=O)N1CC[C@H]2CC(N(C)c3ncnc4[nH]ccc34)C[C@H]2C1.CN(c1ncnc2[nH]ccc12)C1C[C@@H]2CCN(C(=O)OC(C)(C)C)C[C@@H]2C1.CN(c1ncnc2[nH]ccc12)C1C[C@H]2CCCC[C@H]2C1.Cl. The second kappa shape index (κ2) is 21.2. The molecular formula is C53H75ClN14O3. The van der Waals surface area contributed by atoms with Gasteiger partial charge in [-0.05, 0) is 126 Å². The first kappa shape index (κ1) is 50.2. The van der Waals surface area contributed by atoms with E-state index in [-0.39, 0.29) is 24.4 Å². The molecule has 3 N–H and O–H groups in total. The van der Waals surface area contributed by atoms with Gasteiger partial charge in [0.25, 0.3) is 0 Å². The Bertz CT molecular complexity index is 2740. The predicted molar refractivity (Wildman–Crippen MR) is 282 cm³/mol. The van der Waals surface area contributed by atoms with Crippen LogP contribution in [0.3, 0.4) is 0 Å². The standard InChI is InChI=1S/C20H29N5O2.C17H23N5O.C16H22N4.ClH/c1-20(2,3)27-19(26)25-8-6-13-9-15(10-14(13)11-25)24(4)18-16-5-7-21-17(16)22-12-23-18;1-11(23)22-6-4-12-7-14(8-13(12)9-22)21(2)17-15-3-5-18-16(15)19-10-20-17;1-20(13-8-11-4-2-3-5-12(11)9-13)16-14-6-7-17-15(14)18-10-19-16;/h5,7,12-15H,6,8-11H2,1-4H3,(H,21,22,23);3,5,10,12-14H,4,6-9H2,1-2H3,(H,18,19,20);6-7,10-13H,2-5,8-9H2,1H3,(H,17,18,19);1H/t13-,14-,15?;12-,13-,14?;11-,12+,13?;/m00../s1. The third kappa shape index (κ3) is 10.8. The molecule has 0 radical (unpaired) electrons. The summed E-state index contributed by atoms with van der Waals surface area (Å²) in [5.41, 5.74) is 2.26. The van der Waals surface area contributed by atoms with E-state index < -0.39 is 5.60 Å². The van der Waals surface area contributed by atoms with Crippen LogP contribution in [0.1, 0.15) is 105 Å². The molecule has 3 unspecified atom stereocenters. The molecule has 12 rings (SSSR count). The highest BCUT2D eigenvalue weighted by atomic mass is 35.5. The molecule has 18 heteroatoms. The lowest BCUT2D eigenvalue weighted by Crippen LogP contribution is -2.44. The molecule has 382 valence electrons. The first-order valence-corrected chi connectivity index (χ1v) is 26.0. The van der Waals surface area contributed by atoms with Gasteiger partial charge in [-0.3, -0.25) is 4.79 Å². The van der Waals surface area contributed by atoms with Crippen molar-refractivity contribution in [1.82, 2.24) is 54.7 Å². The van der Waals surface area contributed by atoms with Crippen LogP contribution in [0.5, 0.6) is 0 Å². The van der Waals surface area contributed by atoms with E-state index in [1.165, 1.54) is 44.9 Å². The molecule has 4 aliphatic carbocycles.